The molecule has 1 aromatic carbocycles. The molecule has 1 unspecified atom stereocenters. The Morgan fingerprint density at radius 3 is 3.14 bits per heavy atom. The Morgan fingerprint density at radius 2 is 2.32 bits per heavy atom. The first kappa shape index (κ1) is 15.0. The van der Waals surface area contributed by atoms with Gasteiger partial charge in [-0.15, -0.1) is 0 Å². The second-order valence-electron chi connectivity index (χ2n) is 6.29. The van der Waals surface area contributed by atoms with Crippen molar-refractivity contribution in [2.75, 3.05) is 27.2 Å². The lowest BCUT2D eigenvalue weighted by Gasteiger charge is -2.33. The first-order valence-electron chi connectivity index (χ1n) is 8.04. The van der Waals surface area contributed by atoms with Gasteiger partial charge in [-0.05, 0) is 38.9 Å². The van der Waals surface area contributed by atoms with Crippen LogP contribution in [-0.2, 0) is 0 Å². The van der Waals surface area contributed by atoms with Crippen molar-refractivity contribution in [1.82, 2.24) is 20.0 Å². The lowest BCUT2D eigenvalue weighted by Crippen LogP contribution is -2.39. The normalized spacial score (nSPS) is 19.5. The van der Waals surface area contributed by atoms with E-state index < -0.39 is 0 Å². The second kappa shape index (κ2) is 6.48. The van der Waals surface area contributed by atoms with Crippen molar-refractivity contribution in [2.24, 2.45) is 0 Å². The maximum Gasteiger partial charge on any atom is 0.255 e. The molecule has 118 valence electrons. The van der Waals surface area contributed by atoms with E-state index in [-0.39, 0.29) is 5.91 Å². The molecule has 1 aliphatic heterocycles. The molecule has 1 amide bonds. The number of benzene rings is 1. The van der Waals surface area contributed by atoms with Crippen LogP contribution in [0.3, 0.4) is 0 Å². The molecule has 5 heteroatoms. The Bertz CT molecular complexity index is 651. The molecular weight excluding hydrogens is 276 g/mol. The van der Waals surface area contributed by atoms with Crippen molar-refractivity contribution in [2.45, 2.75) is 31.7 Å². The molecule has 3 rings (SSSR count). The SMILES string of the molecule is CN(CCC1CCCCN1C)C(=O)c1cccc2cn[nH]c12. The first-order valence-corrected chi connectivity index (χ1v) is 8.04. The fourth-order valence-corrected chi connectivity index (χ4v) is 3.31. The zero-order valence-electron chi connectivity index (χ0n) is 13.4. The van der Waals surface area contributed by atoms with Gasteiger partial charge in [-0.3, -0.25) is 9.89 Å². The molecule has 1 saturated heterocycles. The summed E-state index contributed by atoms with van der Waals surface area (Å²) in [4.78, 5) is 16.9. The van der Waals surface area contributed by atoms with E-state index >= 15 is 0 Å². The maximum absolute atomic E-state index is 12.7. The summed E-state index contributed by atoms with van der Waals surface area (Å²) in [5.74, 6) is 0.0633. The Labute approximate surface area is 131 Å². The number of aromatic amines is 1. The zero-order valence-corrected chi connectivity index (χ0v) is 13.4. The number of fused-ring (bicyclic) bond motifs is 1. The lowest BCUT2D eigenvalue weighted by atomic mass is 10.00. The summed E-state index contributed by atoms with van der Waals surface area (Å²) in [5.41, 5.74) is 1.53. The zero-order chi connectivity index (χ0) is 15.5. The van der Waals surface area contributed by atoms with Gasteiger partial charge in [0.25, 0.3) is 5.91 Å². The van der Waals surface area contributed by atoms with Crippen LogP contribution in [0.2, 0.25) is 0 Å². The molecule has 22 heavy (non-hydrogen) atoms. The van der Waals surface area contributed by atoms with Gasteiger partial charge in [-0.1, -0.05) is 18.6 Å². The molecular formula is C17H24N4O. The van der Waals surface area contributed by atoms with E-state index in [0.29, 0.717) is 11.6 Å². The molecule has 2 aromatic rings. The predicted molar refractivity (Wildman–Crippen MR) is 87.9 cm³/mol. The van der Waals surface area contributed by atoms with Gasteiger partial charge >= 0.3 is 0 Å². The molecule has 0 saturated carbocycles. The Hall–Kier alpha value is -1.88. The van der Waals surface area contributed by atoms with Crippen molar-refractivity contribution < 1.29 is 4.79 Å². The number of nitrogens with one attached hydrogen (secondary N) is 1. The standard InChI is InChI=1S/C17H24N4O/c1-20-10-4-3-7-14(20)9-11-21(2)17(22)15-8-5-6-13-12-18-19-16(13)15/h5-6,8,12,14H,3-4,7,9-11H2,1-2H3,(H,18,19). The van der Waals surface area contributed by atoms with Crippen LogP contribution in [0.1, 0.15) is 36.0 Å². The minimum Gasteiger partial charge on any atom is -0.342 e. The number of hydrogen-bond donors (Lipinski definition) is 1. The number of carbonyl (C=O) groups excluding carboxylic acids is 1. The Morgan fingerprint density at radius 1 is 1.45 bits per heavy atom. The summed E-state index contributed by atoms with van der Waals surface area (Å²) in [6.45, 7) is 1.97. The number of hydrogen-bond acceptors (Lipinski definition) is 3. The summed E-state index contributed by atoms with van der Waals surface area (Å²) >= 11 is 0. The number of para-hydroxylation sites is 1. The number of nitrogens with zero attached hydrogens (tertiary/aromatic N) is 3. The van der Waals surface area contributed by atoms with Crippen LogP contribution in [0.5, 0.6) is 0 Å². The third kappa shape index (κ3) is 2.99. The van der Waals surface area contributed by atoms with E-state index in [9.17, 15) is 4.79 Å². The summed E-state index contributed by atoms with van der Waals surface area (Å²) in [6.07, 6.45) is 6.64. The van der Waals surface area contributed by atoms with Gasteiger partial charge in [-0.2, -0.15) is 5.10 Å². The van der Waals surface area contributed by atoms with Crippen molar-refractivity contribution in [3.05, 3.63) is 30.0 Å². The molecule has 1 atom stereocenters. The topological polar surface area (TPSA) is 52.2 Å². The minimum absolute atomic E-state index is 0.0633. The van der Waals surface area contributed by atoms with Gasteiger partial charge < -0.3 is 9.80 Å². The molecule has 0 bridgehead atoms. The third-order valence-corrected chi connectivity index (χ3v) is 4.77. The molecule has 1 fully saturated rings. The third-order valence-electron chi connectivity index (χ3n) is 4.77. The van der Waals surface area contributed by atoms with Crippen molar-refractivity contribution in [1.29, 1.82) is 0 Å². The number of aromatic nitrogens is 2. The Kier molecular flexibility index (Phi) is 4.43. The second-order valence-corrected chi connectivity index (χ2v) is 6.29. The highest BCUT2D eigenvalue weighted by molar-refractivity contribution is 6.05. The van der Waals surface area contributed by atoms with Crippen LogP contribution >= 0.6 is 0 Å². The van der Waals surface area contributed by atoms with Crippen LogP contribution in [0.25, 0.3) is 10.9 Å². The monoisotopic (exact) mass is 300 g/mol. The summed E-state index contributed by atoms with van der Waals surface area (Å²) < 4.78 is 0. The van der Waals surface area contributed by atoms with Crippen LogP contribution in [0, 0.1) is 0 Å². The number of rotatable bonds is 4. The maximum atomic E-state index is 12.7. The number of amides is 1. The average Bonchev–Trinajstić information content (AvgIpc) is 3.01. The molecule has 2 heterocycles. The minimum atomic E-state index is 0.0633. The van der Waals surface area contributed by atoms with Crippen molar-refractivity contribution >= 4 is 16.8 Å². The lowest BCUT2D eigenvalue weighted by molar-refractivity contribution is 0.0772. The van der Waals surface area contributed by atoms with Crippen molar-refractivity contribution in [3.8, 4) is 0 Å². The van der Waals surface area contributed by atoms with E-state index in [4.69, 9.17) is 0 Å². The van der Waals surface area contributed by atoms with Crippen LogP contribution in [-0.4, -0.2) is 59.1 Å². The summed E-state index contributed by atoms with van der Waals surface area (Å²) in [7, 11) is 4.08. The molecule has 1 N–H and O–H groups in total. The fourth-order valence-electron chi connectivity index (χ4n) is 3.31. The van der Waals surface area contributed by atoms with E-state index in [1.165, 1.54) is 25.8 Å². The number of likely N-dealkylation sites (tertiary alicyclic amines) is 1. The van der Waals surface area contributed by atoms with Crippen molar-refractivity contribution in [3.63, 3.8) is 0 Å². The quantitative estimate of drug-likeness (QED) is 0.944. The number of carbonyl (C=O) groups is 1. The van der Waals surface area contributed by atoms with Gasteiger partial charge in [0.05, 0.1) is 17.3 Å². The van der Waals surface area contributed by atoms with Crippen LogP contribution in [0.15, 0.2) is 24.4 Å². The van der Waals surface area contributed by atoms with Crippen LogP contribution < -0.4 is 0 Å². The predicted octanol–water partition coefficient (Wildman–Crippen LogP) is 2.51. The highest BCUT2D eigenvalue weighted by Gasteiger charge is 2.21. The molecule has 0 spiro atoms. The smallest absolute Gasteiger partial charge is 0.255 e. The van der Waals surface area contributed by atoms with E-state index in [2.05, 4.69) is 22.1 Å². The van der Waals surface area contributed by atoms with Gasteiger partial charge in [-0.25, -0.2) is 0 Å². The molecule has 5 nitrogen and oxygen atoms in total. The van der Waals surface area contributed by atoms with Gasteiger partial charge in [0.15, 0.2) is 0 Å². The van der Waals surface area contributed by atoms with E-state index in [1.807, 2.05) is 30.1 Å². The number of H-pyrrole nitrogens is 1. The highest BCUT2D eigenvalue weighted by Crippen LogP contribution is 2.20. The molecule has 1 aromatic heterocycles. The first-order chi connectivity index (χ1) is 10.7. The molecule has 0 radical (unpaired) electrons. The average molecular weight is 300 g/mol. The summed E-state index contributed by atoms with van der Waals surface area (Å²) in [6, 6.07) is 6.35. The molecule has 0 aliphatic carbocycles. The van der Waals surface area contributed by atoms with E-state index in [0.717, 1.165) is 23.9 Å². The highest BCUT2D eigenvalue weighted by atomic mass is 16.2. The largest absolute Gasteiger partial charge is 0.342 e. The van der Waals surface area contributed by atoms with Gasteiger partial charge in [0.2, 0.25) is 0 Å². The summed E-state index contributed by atoms with van der Waals surface area (Å²) in [5, 5.41) is 7.94. The Balaban J connectivity index is 1.65. The number of piperidine rings is 1. The molecule has 1 aliphatic rings. The fraction of sp³-hybridized carbons (Fsp3) is 0.529. The van der Waals surface area contributed by atoms with Gasteiger partial charge in [0.1, 0.15) is 0 Å². The van der Waals surface area contributed by atoms with Crippen LogP contribution in [0.4, 0.5) is 0 Å². The van der Waals surface area contributed by atoms with E-state index in [1.54, 1.807) is 6.20 Å². The van der Waals surface area contributed by atoms with Gasteiger partial charge in [0, 0.05) is 25.0 Å².